The van der Waals surface area contributed by atoms with Crippen LogP contribution in [0.25, 0.3) is 0 Å². The summed E-state index contributed by atoms with van der Waals surface area (Å²) in [5.41, 5.74) is -0.311. The van der Waals surface area contributed by atoms with E-state index < -0.39 is 27.9 Å². The predicted octanol–water partition coefficient (Wildman–Crippen LogP) is 2.72. The molecule has 10 heteroatoms. The molecule has 0 aliphatic carbocycles. The van der Waals surface area contributed by atoms with Gasteiger partial charge in [-0.2, -0.15) is 8.42 Å². The largest absolute Gasteiger partial charge is 0.488 e. The summed E-state index contributed by atoms with van der Waals surface area (Å²) in [5.74, 6) is -2.11. The summed E-state index contributed by atoms with van der Waals surface area (Å²) in [6, 6.07) is 5.88. The molecule has 0 atom stereocenters. The van der Waals surface area contributed by atoms with Gasteiger partial charge in [0.25, 0.3) is 5.91 Å². The monoisotopic (exact) mass is 348 g/mol. The minimum absolute atomic E-state index is 0.190. The van der Waals surface area contributed by atoms with E-state index in [4.69, 9.17) is 11.6 Å². The minimum Gasteiger partial charge on any atom is -0.358 e. The van der Waals surface area contributed by atoms with Crippen LogP contribution in [0.3, 0.4) is 0 Å². The highest BCUT2D eigenvalue weighted by Crippen LogP contribution is 2.20. The first kappa shape index (κ1) is 16.1. The number of anilines is 1. The summed E-state index contributed by atoms with van der Waals surface area (Å²) in [4.78, 5) is 15.4. The fraction of sp³-hybridized carbons (Fsp3) is 0. The lowest BCUT2D eigenvalue weighted by atomic mass is 10.2. The van der Waals surface area contributed by atoms with Gasteiger partial charge in [0.15, 0.2) is 11.5 Å². The van der Waals surface area contributed by atoms with Crippen LogP contribution in [0.15, 0.2) is 36.5 Å². The van der Waals surface area contributed by atoms with E-state index in [2.05, 4.69) is 14.5 Å². The molecule has 0 saturated carbocycles. The van der Waals surface area contributed by atoms with E-state index in [-0.39, 0.29) is 16.5 Å². The number of amides is 1. The summed E-state index contributed by atoms with van der Waals surface area (Å²) in [6.45, 7) is 0. The maximum absolute atomic E-state index is 13.6. The Morgan fingerprint density at radius 3 is 2.45 bits per heavy atom. The van der Waals surface area contributed by atoms with Crippen LogP contribution in [-0.4, -0.2) is 19.3 Å². The van der Waals surface area contributed by atoms with Crippen molar-refractivity contribution >= 4 is 33.7 Å². The number of hydrogen-bond donors (Lipinski definition) is 1. The molecule has 1 heterocycles. The van der Waals surface area contributed by atoms with Crippen LogP contribution in [0.4, 0.5) is 14.0 Å². The molecule has 22 heavy (non-hydrogen) atoms. The second-order valence-electron chi connectivity index (χ2n) is 3.91. The first-order valence-corrected chi connectivity index (χ1v) is 7.30. The quantitative estimate of drug-likeness (QED) is 0.859. The fourth-order valence-corrected chi connectivity index (χ4v) is 1.96. The number of pyridine rings is 1. The molecule has 1 amide bonds. The zero-order chi connectivity index (χ0) is 16.3. The van der Waals surface area contributed by atoms with Crippen LogP contribution in [-0.2, 0) is 10.5 Å². The summed E-state index contributed by atoms with van der Waals surface area (Å²) >= 11 is 5.54. The lowest BCUT2D eigenvalue weighted by molar-refractivity contribution is 0.101. The lowest BCUT2D eigenvalue weighted by Gasteiger charge is -2.06. The smallest absolute Gasteiger partial charge is 0.358 e. The Bertz CT molecular complexity index is 812. The molecule has 2 rings (SSSR count). The molecule has 0 bridgehead atoms. The van der Waals surface area contributed by atoms with E-state index >= 15 is 0 Å². The van der Waals surface area contributed by atoms with E-state index in [1.54, 1.807) is 0 Å². The summed E-state index contributed by atoms with van der Waals surface area (Å²) < 4.78 is 50.5. The summed E-state index contributed by atoms with van der Waals surface area (Å²) in [7, 11) is -5.13. The Morgan fingerprint density at radius 2 is 1.86 bits per heavy atom. The van der Waals surface area contributed by atoms with Crippen LogP contribution in [0, 0.1) is 5.82 Å². The van der Waals surface area contributed by atoms with Gasteiger partial charge in [0.2, 0.25) is 0 Å². The molecule has 0 aliphatic rings. The van der Waals surface area contributed by atoms with Gasteiger partial charge in [0.05, 0.1) is 5.02 Å². The number of hydrogen-bond acceptors (Lipinski definition) is 5. The van der Waals surface area contributed by atoms with Crippen molar-refractivity contribution in [2.75, 3.05) is 5.32 Å². The lowest BCUT2D eigenvalue weighted by Crippen LogP contribution is -2.15. The molecular weight excluding hydrogens is 342 g/mol. The Morgan fingerprint density at radius 1 is 1.23 bits per heavy atom. The van der Waals surface area contributed by atoms with E-state index in [1.165, 1.54) is 24.4 Å². The third kappa shape index (κ3) is 4.12. The molecule has 0 saturated heterocycles. The normalized spacial score (nSPS) is 11.0. The molecule has 0 fully saturated rings. The van der Waals surface area contributed by atoms with Gasteiger partial charge in [0, 0.05) is 11.9 Å². The van der Waals surface area contributed by atoms with Gasteiger partial charge in [-0.05, 0) is 30.3 Å². The predicted molar refractivity (Wildman–Crippen MR) is 74.3 cm³/mol. The number of aromatic nitrogens is 1. The van der Waals surface area contributed by atoms with Crippen LogP contribution < -0.4 is 9.50 Å². The highest BCUT2D eigenvalue weighted by molar-refractivity contribution is 7.81. The molecule has 0 unspecified atom stereocenters. The number of benzene rings is 1. The third-order valence-corrected chi connectivity index (χ3v) is 3.05. The average Bonchev–Trinajstić information content (AvgIpc) is 2.42. The second-order valence-corrected chi connectivity index (χ2v) is 5.27. The highest BCUT2D eigenvalue weighted by Gasteiger charge is 2.16. The number of halogens is 3. The van der Waals surface area contributed by atoms with Crippen LogP contribution in [0.5, 0.6) is 5.75 Å². The fourth-order valence-electron chi connectivity index (χ4n) is 1.48. The van der Waals surface area contributed by atoms with Gasteiger partial charge < -0.3 is 9.50 Å². The molecule has 6 nitrogen and oxygen atoms in total. The molecule has 2 aromatic rings. The average molecular weight is 349 g/mol. The SMILES string of the molecule is O=C(Nc1ccc(OS(=O)(=O)F)cc1)c1nccc(Cl)c1F. The third-order valence-electron chi connectivity index (χ3n) is 2.37. The van der Waals surface area contributed by atoms with Gasteiger partial charge in [-0.1, -0.05) is 15.5 Å². The van der Waals surface area contributed by atoms with Crippen molar-refractivity contribution in [2.45, 2.75) is 0 Å². The van der Waals surface area contributed by atoms with E-state index in [9.17, 15) is 21.5 Å². The van der Waals surface area contributed by atoms with E-state index in [0.29, 0.717) is 0 Å². The molecule has 1 aromatic heterocycles. The number of rotatable bonds is 4. The van der Waals surface area contributed by atoms with Gasteiger partial charge >= 0.3 is 10.5 Å². The Hall–Kier alpha value is -2.26. The molecule has 116 valence electrons. The van der Waals surface area contributed by atoms with E-state index in [0.717, 1.165) is 12.1 Å². The van der Waals surface area contributed by atoms with Crippen LogP contribution in [0.2, 0.25) is 5.02 Å². The zero-order valence-electron chi connectivity index (χ0n) is 10.6. The zero-order valence-corrected chi connectivity index (χ0v) is 12.2. The Balaban J connectivity index is 2.14. The number of nitrogens with one attached hydrogen (secondary N) is 1. The van der Waals surface area contributed by atoms with Gasteiger partial charge in [0.1, 0.15) is 5.75 Å². The summed E-state index contributed by atoms with van der Waals surface area (Å²) in [5, 5.41) is 2.06. The van der Waals surface area contributed by atoms with Crippen molar-refractivity contribution < 1.29 is 25.7 Å². The van der Waals surface area contributed by atoms with Gasteiger partial charge in [-0.15, -0.1) is 0 Å². The van der Waals surface area contributed by atoms with Crippen molar-refractivity contribution in [1.29, 1.82) is 0 Å². The molecular formula is C12H7ClF2N2O4S. The van der Waals surface area contributed by atoms with Crippen molar-refractivity contribution in [3.05, 3.63) is 53.1 Å². The molecule has 0 spiro atoms. The first-order chi connectivity index (χ1) is 10.3. The Kier molecular flexibility index (Phi) is 4.57. The van der Waals surface area contributed by atoms with Crippen molar-refractivity contribution in [2.24, 2.45) is 0 Å². The van der Waals surface area contributed by atoms with Crippen LogP contribution >= 0.6 is 11.6 Å². The summed E-state index contributed by atoms with van der Waals surface area (Å²) in [6.07, 6.45) is 1.17. The maximum atomic E-state index is 13.6. The Labute approximate surface area is 129 Å². The molecule has 0 aliphatic heterocycles. The second kappa shape index (κ2) is 6.24. The topological polar surface area (TPSA) is 85.4 Å². The number of carbonyl (C=O) groups excluding carboxylic acids is 1. The standard InChI is InChI=1S/C12H7ClF2N2O4S/c13-9-5-6-16-11(10(9)14)12(18)17-7-1-3-8(4-2-7)21-22(15,19)20/h1-6H,(H,17,18). The van der Waals surface area contributed by atoms with Crippen molar-refractivity contribution in [3.63, 3.8) is 0 Å². The highest BCUT2D eigenvalue weighted by atomic mass is 35.5. The van der Waals surface area contributed by atoms with Gasteiger partial charge in [-0.3, -0.25) is 4.79 Å². The molecule has 0 radical (unpaired) electrons. The molecule has 1 N–H and O–H groups in total. The van der Waals surface area contributed by atoms with E-state index in [1.807, 2.05) is 0 Å². The maximum Gasteiger partial charge on any atom is 0.488 e. The number of carbonyl (C=O) groups is 1. The first-order valence-electron chi connectivity index (χ1n) is 5.62. The van der Waals surface area contributed by atoms with Crippen LogP contribution in [0.1, 0.15) is 10.5 Å². The van der Waals surface area contributed by atoms with Gasteiger partial charge in [-0.25, -0.2) is 9.37 Å². The minimum atomic E-state index is -5.13. The number of nitrogens with zero attached hydrogens (tertiary/aromatic N) is 1. The van der Waals surface area contributed by atoms with Crippen molar-refractivity contribution in [3.8, 4) is 5.75 Å². The molecule has 1 aromatic carbocycles. The van der Waals surface area contributed by atoms with Crippen molar-refractivity contribution in [1.82, 2.24) is 4.98 Å².